The summed E-state index contributed by atoms with van der Waals surface area (Å²) < 4.78 is 22.4. The van der Waals surface area contributed by atoms with E-state index in [1.54, 1.807) is 7.05 Å². The zero-order chi connectivity index (χ0) is 18.0. The molecule has 1 rings (SSSR count). The molecular weight excluding hydrogens is 451 g/mol. The van der Waals surface area contributed by atoms with Crippen molar-refractivity contribution in [1.82, 2.24) is 15.5 Å². The van der Waals surface area contributed by atoms with E-state index >= 15 is 0 Å². The molecule has 0 aliphatic rings. The third-order valence-corrected chi connectivity index (χ3v) is 4.59. The van der Waals surface area contributed by atoms with Gasteiger partial charge in [0.25, 0.3) is 0 Å². The van der Waals surface area contributed by atoms with Crippen LogP contribution in [0.2, 0.25) is 0 Å². The third kappa shape index (κ3) is 12.2. The van der Waals surface area contributed by atoms with Crippen LogP contribution in [0.4, 0.5) is 0 Å². The predicted octanol–water partition coefficient (Wildman–Crippen LogP) is 1.72. The molecule has 0 saturated heterocycles. The quantitative estimate of drug-likeness (QED) is 0.319. The zero-order valence-electron chi connectivity index (χ0n) is 15.5. The van der Waals surface area contributed by atoms with Crippen molar-refractivity contribution in [2.75, 3.05) is 39.2 Å². The molecule has 144 valence electrons. The van der Waals surface area contributed by atoms with Gasteiger partial charge >= 0.3 is 0 Å². The van der Waals surface area contributed by atoms with Crippen LogP contribution in [0, 0.1) is 0 Å². The number of hydrogen-bond donors (Lipinski definition) is 2. The Morgan fingerprint density at radius 2 is 1.92 bits per heavy atom. The molecule has 0 radical (unpaired) electrons. The van der Waals surface area contributed by atoms with Crippen molar-refractivity contribution >= 4 is 39.8 Å². The second kappa shape index (κ2) is 12.5. The van der Waals surface area contributed by atoms with E-state index in [0.29, 0.717) is 12.4 Å². The molecular formula is C17H31IN4O2S. The molecule has 0 spiro atoms. The lowest BCUT2D eigenvalue weighted by Crippen LogP contribution is -2.44. The Morgan fingerprint density at radius 1 is 1.28 bits per heavy atom. The van der Waals surface area contributed by atoms with Gasteiger partial charge in [-0.2, -0.15) is 0 Å². The first-order chi connectivity index (χ1) is 11.3. The Hall–Kier alpha value is -0.870. The smallest absolute Gasteiger partial charge is 0.191 e. The average molecular weight is 482 g/mol. The van der Waals surface area contributed by atoms with Crippen molar-refractivity contribution in [3.05, 3.63) is 35.9 Å². The molecule has 0 fully saturated rings. The first-order valence-electron chi connectivity index (χ1n) is 8.17. The number of nitrogens with zero attached hydrogens (tertiary/aromatic N) is 2. The Labute approximate surface area is 169 Å². The highest BCUT2D eigenvalue weighted by Gasteiger charge is 2.09. The summed E-state index contributed by atoms with van der Waals surface area (Å²) in [4.78, 5) is 6.42. The van der Waals surface area contributed by atoms with Crippen molar-refractivity contribution in [2.45, 2.75) is 25.9 Å². The number of benzene rings is 1. The fourth-order valence-electron chi connectivity index (χ4n) is 2.23. The van der Waals surface area contributed by atoms with Crippen molar-refractivity contribution < 1.29 is 8.42 Å². The summed E-state index contributed by atoms with van der Waals surface area (Å²) >= 11 is 0. The van der Waals surface area contributed by atoms with E-state index in [4.69, 9.17) is 0 Å². The van der Waals surface area contributed by atoms with Gasteiger partial charge < -0.3 is 15.5 Å². The van der Waals surface area contributed by atoms with Crippen LogP contribution in [0.25, 0.3) is 0 Å². The van der Waals surface area contributed by atoms with Crippen molar-refractivity contribution in [2.24, 2.45) is 4.99 Å². The summed E-state index contributed by atoms with van der Waals surface area (Å²) in [5.74, 6) is 0.877. The van der Waals surface area contributed by atoms with Crippen LogP contribution in [0.5, 0.6) is 0 Å². The van der Waals surface area contributed by atoms with E-state index in [9.17, 15) is 8.42 Å². The second-order valence-corrected chi connectivity index (χ2v) is 8.45. The topological polar surface area (TPSA) is 73.8 Å². The molecule has 0 bridgehead atoms. The fourth-order valence-corrected chi connectivity index (χ4v) is 3.01. The van der Waals surface area contributed by atoms with Gasteiger partial charge in [0, 0.05) is 39.0 Å². The minimum atomic E-state index is -2.93. The normalized spacial score (nSPS) is 13.2. The number of aliphatic imine (C=N–C) groups is 1. The predicted molar refractivity (Wildman–Crippen MR) is 116 cm³/mol. The molecule has 6 nitrogen and oxygen atoms in total. The number of halogens is 1. The third-order valence-electron chi connectivity index (χ3n) is 3.61. The second-order valence-electron chi connectivity index (χ2n) is 6.19. The highest BCUT2D eigenvalue weighted by molar-refractivity contribution is 14.0. The number of hydrogen-bond acceptors (Lipinski definition) is 4. The van der Waals surface area contributed by atoms with Crippen molar-refractivity contribution in [3.63, 3.8) is 0 Å². The highest BCUT2D eigenvalue weighted by atomic mass is 127. The number of sulfone groups is 1. The lowest BCUT2D eigenvalue weighted by Gasteiger charge is -2.20. The summed E-state index contributed by atoms with van der Waals surface area (Å²) in [6.07, 6.45) is 1.82. The van der Waals surface area contributed by atoms with E-state index in [-0.39, 0.29) is 35.8 Å². The van der Waals surface area contributed by atoms with Gasteiger partial charge in [0.1, 0.15) is 9.84 Å². The molecule has 0 aliphatic heterocycles. The summed E-state index contributed by atoms with van der Waals surface area (Å²) in [5, 5.41) is 6.48. The largest absolute Gasteiger partial charge is 0.355 e. The molecule has 0 amide bonds. The standard InChI is InChI=1S/C17H30N4O2S.HI/c1-15(10-13-24(4,22)23)20-17(18-2)19-11-12-21(3)14-16-8-6-5-7-9-16;/h5-9,15H,10-14H2,1-4H3,(H2,18,19,20);1H. The minimum Gasteiger partial charge on any atom is -0.355 e. The lowest BCUT2D eigenvalue weighted by atomic mass is 10.2. The van der Waals surface area contributed by atoms with Gasteiger partial charge in [0.15, 0.2) is 5.96 Å². The Bertz CT molecular complexity index is 608. The van der Waals surface area contributed by atoms with E-state index in [2.05, 4.69) is 39.7 Å². The maximum atomic E-state index is 11.2. The maximum Gasteiger partial charge on any atom is 0.191 e. The van der Waals surface area contributed by atoms with Crippen molar-refractivity contribution in [1.29, 1.82) is 0 Å². The van der Waals surface area contributed by atoms with Crippen LogP contribution in [0.1, 0.15) is 18.9 Å². The molecule has 1 aromatic rings. The summed E-state index contributed by atoms with van der Waals surface area (Å²) in [6, 6.07) is 10.4. The molecule has 0 heterocycles. The van der Waals surface area contributed by atoms with Crippen molar-refractivity contribution in [3.8, 4) is 0 Å². The van der Waals surface area contributed by atoms with Crippen LogP contribution >= 0.6 is 24.0 Å². The van der Waals surface area contributed by atoms with Gasteiger partial charge in [-0.05, 0) is 26.0 Å². The van der Waals surface area contributed by atoms with Crippen LogP contribution in [0.3, 0.4) is 0 Å². The first kappa shape index (κ1) is 24.1. The monoisotopic (exact) mass is 482 g/mol. The first-order valence-corrected chi connectivity index (χ1v) is 10.2. The molecule has 0 aromatic heterocycles. The molecule has 25 heavy (non-hydrogen) atoms. The van der Waals surface area contributed by atoms with Crippen LogP contribution in [-0.2, 0) is 16.4 Å². The highest BCUT2D eigenvalue weighted by Crippen LogP contribution is 2.01. The van der Waals surface area contributed by atoms with E-state index in [1.165, 1.54) is 11.8 Å². The Kier molecular flexibility index (Phi) is 12.0. The lowest BCUT2D eigenvalue weighted by molar-refractivity contribution is 0.331. The summed E-state index contributed by atoms with van der Waals surface area (Å²) in [6.45, 7) is 4.51. The van der Waals surface area contributed by atoms with E-state index < -0.39 is 9.84 Å². The van der Waals surface area contributed by atoms with Gasteiger partial charge in [-0.1, -0.05) is 30.3 Å². The van der Waals surface area contributed by atoms with Gasteiger partial charge in [-0.25, -0.2) is 8.42 Å². The number of likely N-dealkylation sites (N-methyl/N-ethyl adjacent to an activating group) is 1. The van der Waals surface area contributed by atoms with Gasteiger partial charge in [-0.15, -0.1) is 24.0 Å². The SMILES string of the molecule is CN=C(NCCN(C)Cc1ccccc1)NC(C)CCS(C)(=O)=O.I. The minimum absolute atomic E-state index is 0. The summed E-state index contributed by atoms with van der Waals surface area (Å²) in [5.41, 5.74) is 1.29. The Morgan fingerprint density at radius 3 is 2.48 bits per heavy atom. The Balaban J connectivity index is 0.00000576. The summed E-state index contributed by atoms with van der Waals surface area (Å²) in [7, 11) is 0.871. The molecule has 1 atom stereocenters. The van der Waals surface area contributed by atoms with Crippen LogP contribution in [-0.4, -0.2) is 64.5 Å². The molecule has 1 unspecified atom stereocenters. The number of nitrogens with one attached hydrogen (secondary N) is 2. The van der Waals surface area contributed by atoms with Crippen LogP contribution < -0.4 is 10.6 Å². The van der Waals surface area contributed by atoms with Crippen LogP contribution in [0.15, 0.2) is 35.3 Å². The van der Waals surface area contributed by atoms with Gasteiger partial charge in [-0.3, -0.25) is 4.99 Å². The number of rotatable bonds is 9. The zero-order valence-corrected chi connectivity index (χ0v) is 18.7. The molecule has 0 saturated carbocycles. The van der Waals surface area contributed by atoms with E-state index in [1.807, 2.05) is 25.1 Å². The molecule has 8 heteroatoms. The number of guanidine groups is 1. The van der Waals surface area contributed by atoms with Gasteiger partial charge in [0.05, 0.1) is 5.75 Å². The average Bonchev–Trinajstić information content (AvgIpc) is 2.52. The fraction of sp³-hybridized carbons (Fsp3) is 0.588. The molecule has 2 N–H and O–H groups in total. The van der Waals surface area contributed by atoms with E-state index in [0.717, 1.165) is 19.6 Å². The maximum absolute atomic E-state index is 11.2. The molecule has 1 aromatic carbocycles. The van der Waals surface area contributed by atoms with Gasteiger partial charge in [0.2, 0.25) is 0 Å². The molecule has 0 aliphatic carbocycles.